The van der Waals surface area contributed by atoms with Crippen molar-refractivity contribution >= 4 is 29.2 Å². The lowest BCUT2D eigenvalue weighted by atomic mass is 9.78. The second-order valence-electron chi connectivity index (χ2n) is 7.60. The monoisotopic (exact) mass is 421 g/mol. The van der Waals surface area contributed by atoms with Gasteiger partial charge in [0.15, 0.2) is 0 Å². The zero-order valence-corrected chi connectivity index (χ0v) is 16.4. The molecule has 1 amide bonds. The number of carboxylic acids is 1. The molecule has 1 aliphatic heterocycles. The van der Waals surface area contributed by atoms with Crippen molar-refractivity contribution in [3.63, 3.8) is 0 Å². The summed E-state index contributed by atoms with van der Waals surface area (Å²) in [5, 5.41) is 29.3. The van der Waals surface area contributed by atoms with Crippen molar-refractivity contribution in [1.82, 2.24) is 14.3 Å². The Kier molecular flexibility index (Phi) is 7.07. The van der Waals surface area contributed by atoms with Gasteiger partial charge in [0.25, 0.3) is 10.2 Å². The highest BCUT2D eigenvalue weighted by atomic mass is 32.2. The molecule has 160 valence electrons. The number of aliphatic carboxylic acids is 1. The highest BCUT2D eigenvalue weighted by Crippen LogP contribution is 2.33. The van der Waals surface area contributed by atoms with Crippen LogP contribution in [0.25, 0.3) is 0 Å². The van der Waals surface area contributed by atoms with E-state index >= 15 is 0 Å². The van der Waals surface area contributed by atoms with Gasteiger partial charge in [0.2, 0.25) is 5.91 Å². The van der Waals surface area contributed by atoms with Gasteiger partial charge in [0.05, 0.1) is 0 Å². The third-order valence-corrected chi connectivity index (χ3v) is 6.78. The predicted octanol–water partition coefficient (Wildman–Crippen LogP) is -3.61. The molecule has 0 aromatic heterocycles. The molecule has 0 unspecified atom stereocenters. The van der Waals surface area contributed by atoms with Crippen molar-refractivity contribution in [3.05, 3.63) is 0 Å². The standard InChI is InChI=1S/C14H28BN5O7S/c1-8(12(21)22)18-13(23)14(17)7-20(6-9(14)3-2-4-15(24)25)28(26,27)19-11-5-10(11)16/h8-11,19,24-25H,2-7,16-17H2,1H3,(H,18,23)(H,21,22)/t8-,9-,10-,11-,14-/m0/s1. The molecule has 12 nitrogen and oxygen atoms in total. The molecule has 1 heterocycles. The van der Waals surface area contributed by atoms with Gasteiger partial charge in [-0.15, -0.1) is 0 Å². The molecular weight excluding hydrogens is 393 g/mol. The number of rotatable bonds is 10. The molecule has 1 saturated heterocycles. The Balaban J connectivity index is 2.15. The van der Waals surface area contributed by atoms with Crippen LogP contribution in [-0.2, 0) is 19.8 Å². The van der Waals surface area contributed by atoms with Gasteiger partial charge in [-0.2, -0.15) is 17.4 Å². The van der Waals surface area contributed by atoms with Crippen LogP contribution < -0.4 is 21.5 Å². The van der Waals surface area contributed by atoms with Gasteiger partial charge < -0.3 is 31.9 Å². The number of hydrogen-bond acceptors (Lipinski definition) is 8. The number of nitrogens with one attached hydrogen (secondary N) is 2. The molecule has 0 aromatic carbocycles. The quantitative estimate of drug-likeness (QED) is 0.174. The maximum Gasteiger partial charge on any atom is 0.451 e. The number of carboxylic acid groups (broad SMARTS) is 1. The van der Waals surface area contributed by atoms with E-state index in [9.17, 15) is 18.0 Å². The molecule has 0 radical (unpaired) electrons. The number of carbonyl (C=O) groups excluding carboxylic acids is 1. The minimum atomic E-state index is -3.93. The van der Waals surface area contributed by atoms with Crippen molar-refractivity contribution in [2.45, 2.75) is 56.2 Å². The van der Waals surface area contributed by atoms with Crippen molar-refractivity contribution in [3.8, 4) is 0 Å². The minimum Gasteiger partial charge on any atom is -0.480 e. The summed E-state index contributed by atoms with van der Waals surface area (Å²) in [6, 6.07) is -1.80. The molecule has 0 aromatic rings. The molecule has 0 bridgehead atoms. The molecule has 2 rings (SSSR count). The zero-order chi connectivity index (χ0) is 21.3. The van der Waals surface area contributed by atoms with Crippen LogP contribution in [0.2, 0.25) is 6.32 Å². The molecule has 14 heteroatoms. The average molecular weight is 421 g/mol. The maximum absolute atomic E-state index is 12.7. The number of hydrogen-bond donors (Lipinski definition) is 7. The van der Waals surface area contributed by atoms with Crippen molar-refractivity contribution < 1.29 is 33.2 Å². The lowest BCUT2D eigenvalue weighted by Gasteiger charge is -2.30. The van der Waals surface area contributed by atoms with Gasteiger partial charge >= 0.3 is 13.1 Å². The van der Waals surface area contributed by atoms with E-state index in [1.165, 1.54) is 6.92 Å². The second kappa shape index (κ2) is 8.61. The molecule has 1 saturated carbocycles. The van der Waals surface area contributed by atoms with E-state index in [4.69, 9.17) is 26.6 Å². The first-order valence-corrected chi connectivity index (χ1v) is 10.5. The number of nitrogens with zero attached hydrogens (tertiary/aromatic N) is 1. The first-order valence-electron chi connectivity index (χ1n) is 9.08. The summed E-state index contributed by atoms with van der Waals surface area (Å²) in [4.78, 5) is 23.7. The molecule has 2 fully saturated rings. The number of carbonyl (C=O) groups is 2. The van der Waals surface area contributed by atoms with Crippen molar-refractivity contribution in [2.75, 3.05) is 13.1 Å². The summed E-state index contributed by atoms with van der Waals surface area (Å²) in [5.41, 5.74) is 10.3. The van der Waals surface area contributed by atoms with Crippen molar-refractivity contribution in [2.24, 2.45) is 17.4 Å². The van der Waals surface area contributed by atoms with Gasteiger partial charge in [-0.05, 0) is 26.1 Å². The fourth-order valence-electron chi connectivity index (χ4n) is 3.24. The second-order valence-corrected chi connectivity index (χ2v) is 9.31. The first kappa shape index (κ1) is 23.0. The van der Waals surface area contributed by atoms with Crippen LogP contribution in [-0.4, -0.2) is 83.6 Å². The number of amides is 1. The Morgan fingerprint density at radius 2 is 2.00 bits per heavy atom. The summed E-state index contributed by atoms with van der Waals surface area (Å²) in [6.07, 6.45) is 1.13. The van der Waals surface area contributed by atoms with E-state index < -0.39 is 46.7 Å². The van der Waals surface area contributed by atoms with Gasteiger partial charge in [0.1, 0.15) is 11.6 Å². The van der Waals surface area contributed by atoms with Crippen LogP contribution in [0.3, 0.4) is 0 Å². The van der Waals surface area contributed by atoms with E-state index in [0.29, 0.717) is 12.8 Å². The Bertz CT molecular complexity index is 708. The van der Waals surface area contributed by atoms with Crippen LogP contribution in [0.4, 0.5) is 0 Å². The van der Waals surface area contributed by atoms with Crippen molar-refractivity contribution in [1.29, 1.82) is 0 Å². The summed E-state index contributed by atoms with van der Waals surface area (Å²) >= 11 is 0. The van der Waals surface area contributed by atoms with E-state index in [0.717, 1.165) is 4.31 Å². The smallest absolute Gasteiger partial charge is 0.451 e. The average Bonchev–Trinajstić information content (AvgIpc) is 3.12. The molecular formula is C14H28BN5O7S. The highest BCUT2D eigenvalue weighted by Gasteiger charge is 2.53. The first-order chi connectivity index (χ1) is 12.9. The number of nitrogens with two attached hydrogens (primary N) is 2. The van der Waals surface area contributed by atoms with Gasteiger partial charge in [-0.1, -0.05) is 6.42 Å². The molecule has 5 atom stereocenters. The van der Waals surface area contributed by atoms with Crippen LogP contribution in [0.15, 0.2) is 0 Å². The Hall–Kier alpha value is -1.29. The summed E-state index contributed by atoms with van der Waals surface area (Å²) < 4.78 is 28.7. The van der Waals surface area contributed by atoms with Gasteiger partial charge in [-0.25, -0.2) is 0 Å². The van der Waals surface area contributed by atoms with Crippen LogP contribution >= 0.6 is 0 Å². The van der Waals surface area contributed by atoms with Crippen LogP contribution in [0, 0.1) is 5.92 Å². The predicted molar refractivity (Wildman–Crippen MR) is 99.9 cm³/mol. The SMILES string of the molecule is C[C@H](NC(=O)[C@]1(N)CN(S(=O)(=O)N[C@H]2C[C@@H]2N)C[C@@H]1CCCB(O)O)C(=O)O. The summed E-state index contributed by atoms with van der Waals surface area (Å²) in [5.74, 6) is -2.64. The normalized spacial score (nSPS) is 31.4. The molecule has 0 spiro atoms. The fourth-order valence-corrected chi connectivity index (χ4v) is 4.80. The third kappa shape index (κ3) is 5.40. The van der Waals surface area contributed by atoms with Crippen LogP contribution in [0.5, 0.6) is 0 Å². The molecule has 1 aliphatic carbocycles. The van der Waals surface area contributed by atoms with Gasteiger partial charge in [0, 0.05) is 31.1 Å². The van der Waals surface area contributed by atoms with E-state index in [2.05, 4.69) is 10.0 Å². The molecule has 28 heavy (non-hydrogen) atoms. The highest BCUT2D eigenvalue weighted by molar-refractivity contribution is 7.87. The molecule has 9 N–H and O–H groups in total. The topological polar surface area (TPSA) is 208 Å². The lowest BCUT2D eigenvalue weighted by molar-refractivity contribution is -0.142. The Morgan fingerprint density at radius 1 is 1.39 bits per heavy atom. The van der Waals surface area contributed by atoms with Crippen LogP contribution in [0.1, 0.15) is 26.2 Å². The Morgan fingerprint density at radius 3 is 2.50 bits per heavy atom. The van der Waals surface area contributed by atoms with E-state index in [-0.39, 0.29) is 37.9 Å². The zero-order valence-electron chi connectivity index (χ0n) is 15.6. The molecule has 2 aliphatic rings. The minimum absolute atomic E-state index is 0.0433. The summed E-state index contributed by atoms with van der Waals surface area (Å²) in [7, 11) is -5.45. The van der Waals surface area contributed by atoms with E-state index in [1.54, 1.807) is 0 Å². The lowest BCUT2D eigenvalue weighted by Crippen LogP contribution is -2.62. The summed E-state index contributed by atoms with van der Waals surface area (Å²) in [6.45, 7) is 0.902. The van der Waals surface area contributed by atoms with E-state index in [1.807, 2.05) is 0 Å². The third-order valence-electron chi connectivity index (χ3n) is 5.23. The fraction of sp³-hybridized carbons (Fsp3) is 0.857. The largest absolute Gasteiger partial charge is 0.480 e. The maximum atomic E-state index is 12.7. The van der Waals surface area contributed by atoms with Gasteiger partial charge in [-0.3, -0.25) is 9.59 Å². The Labute approximate surface area is 164 Å².